The first kappa shape index (κ1) is 12.6. The molecule has 0 aromatic carbocycles. The van der Waals surface area contributed by atoms with Crippen molar-refractivity contribution in [1.82, 2.24) is 9.80 Å². The Hall–Kier alpha value is 0.140. The zero-order valence-corrected chi connectivity index (χ0v) is 12.0. The summed E-state index contributed by atoms with van der Waals surface area (Å²) in [5, 5.41) is 0. The highest BCUT2D eigenvalue weighted by atomic mass is 79.9. The monoisotopic (exact) mass is 286 g/mol. The standard InChI is InChI=1S/C13H23BrN2/c1-10(2)13-9-15-6-4-5-12(15)8-16(13)7-11(3)14/h10,12-13H,3-9H2,1-2H3. The van der Waals surface area contributed by atoms with Crippen molar-refractivity contribution in [2.45, 2.75) is 38.8 Å². The SMILES string of the molecule is C=C(Br)CN1CC2CCCN2CC1C(C)C. The van der Waals surface area contributed by atoms with E-state index in [9.17, 15) is 0 Å². The third-order valence-electron chi connectivity index (χ3n) is 3.98. The van der Waals surface area contributed by atoms with Crippen molar-refractivity contribution in [1.29, 1.82) is 0 Å². The van der Waals surface area contributed by atoms with Crippen molar-refractivity contribution in [3.8, 4) is 0 Å². The average Bonchev–Trinajstić information content (AvgIpc) is 2.62. The smallest absolute Gasteiger partial charge is 0.0298 e. The van der Waals surface area contributed by atoms with Gasteiger partial charge in [-0.25, -0.2) is 0 Å². The van der Waals surface area contributed by atoms with E-state index in [4.69, 9.17) is 0 Å². The van der Waals surface area contributed by atoms with Gasteiger partial charge < -0.3 is 0 Å². The van der Waals surface area contributed by atoms with Crippen LogP contribution in [0.15, 0.2) is 11.1 Å². The molecule has 2 aliphatic rings. The lowest BCUT2D eigenvalue weighted by Crippen LogP contribution is -2.57. The highest BCUT2D eigenvalue weighted by molar-refractivity contribution is 9.11. The van der Waals surface area contributed by atoms with Crippen LogP contribution in [0.5, 0.6) is 0 Å². The Labute approximate surface area is 108 Å². The first-order valence-electron chi connectivity index (χ1n) is 6.39. The van der Waals surface area contributed by atoms with Gasteiger partial charge in [0.15, 0.2) is 0 Å². The molecule has 2 fully saturated rings. The summed E-state index contributed by atoms with van der Waals surface area (Å²) >= 11 is 3.51. The molecule has 0 bridgehead atoms. The van der Waals surface area contributed by atoms with Crippen LogP contribution in [0.3, 0.4) is 0 Å². The van der Waals surface area contributed by atoms with Gasteiger partial charge in [-0.15, -0.1) is 0 Å². The van der Waals surface area contributed by atoms with E-state index < -0.39 is 0 Å². The summed E-state index contributed by atoms with van der Waals surface area (Å²) in [5.74, 6) is 0.730. The van der Waals surface area contributed by atoms with Crippen molar-refractivity contribution in [2.75, 3.05) is 26.2 Å². The summed E-state index contributed by atoms with van der Waals surface area (Å²) in [6.07, 6.45) is 2.77. The molecule has 0 aromatic rings. The molecule has 0 amide bonds. The molecule has 2 nitrogen and oxygen atoms in total. The largest absolute Gasteiger partial charge is 0.298 e. The minimum Gasteiger partial charge on any atom is -0.298 e. The second kappa shape index (κ2) is 5.19. The van der Waals surface area contributed by atoms with Crippen LogP contribution in [0.1, 0.15) is 26.7 Å². The van der Waals surface area contributed by atoms with E-state index in [0.29, 0.717) is 6.04 Å². The Morgan fingerprint density at radius 1 is 1.44 bits per heavy atom. The summed E-state index contributed by atoms with van der Waals surface area (Å²) in [6.45, 7) is 13.5. The molecule has 0 N–H and O–H groups in total. The van der Waals surface area contributed by atoms with Crippen molar-refractivity contribution in [3.05, 3.63) is 11.1 Å². The normalized spacial score (nSPS) is 32.0. The van der Waals surface area contributed by atoms with Gasteiger partial charge in [0, 0.05) is 36.2 Å². The van der Waals surface area contributed by atoms with Gasteiger partial charge in [0.25, 0.3) is 0 Å². The van der Waals surface area contributed by atoms with Crippen LogP contribution in [0.25, 0.3) is 0 Å². The Morgan fingerprint density at radius 3 is 2.81 bits per heavy atom. The zero-order chi connectivity index (χ0) is 11.7. The number of piperazine rings is 1. The van der Waals surface area contributed by atoms with Gasteiger partial charge >= 0.3 is 0 Å². The van der Waals surface area contributed by atoms with Gasteiger partial charge in [-0.3, -0.25) is 9.80 Å². The summed E-state index contributed by atoms with van der Waals surface area (Å²) in [5.41, 5.74) is 0. The zero-order valence-electron chi connectivity index (χ0n) is 10.5. The Bertz CT molecular complexity index is 265. The molecule has 0 aliphatic carbocycles. The van der Waals surface area contributed by atoms with Crippen LogP contribution in [0.2, 0.25) is 0 Å². The maximum Gasteiger partial charge on any atom is 0.0298 e. The van der Waals surface area contributed by atoms with Gasteiger partial charge in [0.1, 0.15) is 0 Å². The minimum absolute atomic E-state index is 0.698. The first-order valence-corrected chi connectivity index (χ1v) is 7.18. The third-order valence-corrected chi connectivity index (χ3v) is 4.23. The molecule has 2 saturated heterocycles. The molecule has 3 heteroatoms. The lowest BCUT2D eigenvalue weighted by Gasteiger charge is -2.45. The van der Waals surface area contributed by atoms with Crippen LogP contribution in [0.4, 0.5) is 0 Å². The maximum atomic E-state index is 3.99. The average molecular weight is 287 g/mol. The second-order valence-corrected chi connectivity index (χ2v) is 6.67. The van der Waals surface area contributed by atoms with E-state index in [2.05, 4.69) is 46.2 Å². The number of hydrogen-bond donors (Lipinski definition) is 0. The van der Waals surface area contributed by atoms with Crippen LogP contribution in [0, 0.1) is 5.92 Å². The van der Waals surface area contributed by atoms with E-state index in [0.717, 1.165) is 23.0 Å². The van der Waals surface area contributed by atoms with E-state index in [-0.39, 0.29) is 0 Å². The lowest BCUT2D eigenvalue weighted by molar-refractivity contribution is 0.0372. The maximum absolute atomic E-state index is 3.99. The summed E-state index contributed by atoms with van der Waals surface area (Å²) < 4.78 is 1.12. The molecule has 0 aromatic heterocycles. The van der Waals surface area contributed by atoms with Gasteiger partial charge in [0.05, 0.1) is 0 Å². The molecule has 92 valence electrons. The number of halogens is 1. The van der Waals surface area contributed by atoms with E-state index in [1.807, 2.05) is 0 Å². The predicted octanol–water partition coefficient (Wildman–Crippen LogP) is 2.70. The van der Waals surface area contributed by atoms with E-state index in [1.54, 1.807) is 0 Å². The summed E-state index contributed by atoms with van der Waals surface area (Å²) in [4.78, 5) is 5.31. The first-order chi connectivity index (χ1) is 7.58. The van der Waals surface area contributed by atoms with Gasteiger partial charge in [-0.1, -0.05) is 36.4 Å². The molecule has 2 unspecified atom stereocenters. The van der Waals surface area contributed by atoms with Gasteiger partial charge in [0.2, 0.25) is 0 Å². The van der Waals surface area contributed by atoms with Crippen LogP contribution < -0.4 is 0 Å². The number of nitrogens with zero attached hydrogens (tertiary/aromatic N) is 2. The van der Waals surface area contributed by atoms with Crippen LogP contribution in [-0.2, 0) is 0 Å². The Morgan fingerprint density at radius 2 is 2.19 bits per heavy atom. The molecule has 0 saturated carbocycles. The van der Waals surface area contributed by atoms with Crippen molar-refractivity contribution < 1.29 is 0 Å². The highest BCUT2D eigenvalue weighted by Crippen LogP contribution is 2.28. The third kappa shape index (κ3) is 2.69. The number of rotatable bonds is 3. The van der Waals surface area contributed by atoms with Crippen LogP contribution in [-0.4, -0.2) is 48.1 Å². The Kier molecular flexibility index (Phi) is 4.09. The topological polar surface area (TPSA) is 6.48 Å². The lowest BCUT2D eigenvalue weighted by atomic mass is 9.97. The molecule has 2 aliphatic heterocycles. The van der Waals surface area contributed by atoms with Crippen molar-refractivity contribution in [2.24, 2.45) is 5.92 Å². The number of fused-ring (bicyclic) bond motifs is 1. The molecule has 2 atom stereocenters. The van der Waals surface area contributed by atoms with E-state index in [1.165, 1.54) is 32.5 Å². The predicted molar refractivity (Wildman–Crippen MR) is 72.9 cm³/mol. The summed E-state index contributed by atoms with van der Waals surface area (Å²) in [6, 6.07) is 1.51. The second-order valence-electron chi connectivity index (χ2n) is 5.55. The minimum atomic E-state index is 0.698. The van der Waals surface area contributed by atoms with Crippen molar-refractivity contribution >= 4 is 15.9 Å². The van der Waals surface area contributed by atoms with Crippen LogP contribution >= 0.6 is 15.9 Å². The molecular weight excluding hydrogens is 264 g/mol. The fourth-order valence-electron chi connectivity index (χ4n) is 3.14. The molecule has 2 rings (SSSR count). The van der Waals surface area contributed by atoms with Gasteiger partial charge in [-0.2, -0.15) is 0 Å². The quantitative estimate of drug-likeness (QED) is 0.787. The number of hydrogen-bond acceptors (Lipinski definition) is 2. The van der Waals surface area contributed by atoms with Gasteiger partial charge in [-0.05, 0) is 25.3 Å². The fraction of sp³-hybridized carbons (Fsp3) is 0.846. The molecule has 2 heterocycles. The van der Waals surface area contributed by atoms with Crippen molar-refractivity contribution in [3.63, 3.8) is 0 Å². The van der Waals surface area contributed by atoms with E-state index >= 15 is 0 Å². The molecule has 0 spiro atoms. The molecule has 0 radical (unpaired) electrons. The molecular formula is C13H23BrN2. The fourth-order valence-corrected chi connectivity index (χ4v) is 3.46. The molecule has 16 heavy (non-hydrogen) atoms. The summed E-state index contributed by atoms with van der Waals surface area (Å²) in [7, 11) is 0. The Balaban J connectivity index is 2.04. The highest BCUT2D eigenvalue weighted by Gasteiger charge is 2.37.